The van der Waals surface area contributed by atoms with E-state index in [9.17, 15) is 30.6 Å². The lowest BCUT2D eigenvalue weighted by Gasteiger charge is -2.52. The fraction of sp³-hybridized carbons (Fsp3) is 1.00. The number of hydrogen-bond donors (Lipinski definition) is 6. The van der Waals surface area contributed by atoms with Gasteiger partial charge in [0.2, 0.25) is 0 Å². The number of fused-ring (bicyclic) bond motifs is 2. The summed E-state index contributed by atoms with van der Waals surface area (Å²) >= 11 is 0. The van der Waals surface area contributed by atoms with Crippen molar-refractivity contribution in [1.82, 2.24) is 0 Å². The van der Waals surface area contributed by atoms with Gasteiger partial charge in [-0.3, -0.25) is 0 Å². The molecular formula is C18H32O12. The van der Waals surface area contributed by atoms with E-state index < -0.39 is 73.6 Å². The Bertz CT molecular complexity index is 487. The molecule has 0 aliphatic carbocycles. The first-order valence-corrected chi connectivity index (χ1v) is 10.0. The van der Waals surface area contributed by atoms with Crippen molar-refractivity contribution in [3.8, 4) is 0 Å². The van der Waals surface area contributed by atoms with Gasteiger partial charge in [0.15, 0.2) is 12.6 Å². The smallest absolute Gasteiger partial charge is 0.187 e. The van der Waals surface area contributed by atoms with E-state index in [1.165, 1.54) is 0 Å². The Hall–Kier alpha value is -0.480. The van der Waals surface area contributed by atoms with E-state index in [0.717, 1.165) is 0 Å². The molecule has 0 amide bonds. The molecule has 3 heterocycles. The minimum Gasteiger partial charge on any atom is -0.391 e. The van der Waals surface area contributed by atoms with E-state index in [1.54, 1.807) is 13.8 Å². The molecule has 0 bridgehead atoms. The molecule has 3 fully saturated rings. The normalized spacial score (nSPS) is 46.0. The third-order valence-electron chi connectivity index (χ3n) is 5.15. The Balaban J connectivity index is 1.61. The summed E-state index contributed by atoms with van der Waals surface area (Å²) in [5, 5.41) is 60.1. The number of aliphatic hydroxyl groups excluding tert-OH is 6. The molecule has 0 aromatic rings. The summed E-state index contributed by atoms with van der Waals surface area (Å²) in [6, 6.07) is 0. The maximum Gasteiger partial charge on any atom is 0.187 e. The minimum atomic E-state index is -1.39. The molecule has 0 aromatic carbocycles. The van der Waals surface area contributed by atoms with Gasteiger partial charge in [-0.2, -0.15) is 0 Å². The quantitative estimate of drug-likeness (QED) is 0.219. The fourth-order valence-corrected chi connectivity index (χ4v) is 3.61. The molecule has 3 aliphatic heterocycles. The zero-order chi connectivity index (χ0) is 22.0. The highest BCUT2D eigenvalue weighted by atomic mass is 16.8. The highest BCUT2D eigenvalue weighted by Gasteiger charge is 2.56. The average molecular weight is 440 g/mol. The van der Waals surface area contributed by atoms with Crippen LogP contribution in [0.25, 0.3) is 0 Å². The molecule has 0 spiro atoms. The fourth-order valence-electron chi connectivity index (χ4n) is 3.61. The van der Waals surface area contributed by atoms with Crippen molar-refractivity contribution >= 4 is 0 Å². The van der Waals surface area contributed by atoms with Crippen LogP contribution in [0.1, 0.15) is 13.8 Å². The van der Waals surface area contributed by atoms with Crippen LogP contribution < -0.4 is 0 Å². The molecule has 30 heavy (non-hydrogen) atoms. The van der Waals surface area contributed by atoms with Gasteiger partial charge < -0.3 is 59.1 Å². The summed E-state index contributed by atoms with van der Waals surface area (Å²) in [6.45, 7) is 2.92. The number of hydrogen-bond acceptors (Lipinski definition) is 12. The third kappa shape index (κ3) is 5.46. The number of rotatable bonds is 8. The van der Waals surface area contributed by atoms with Crippen molar-refractivity contribution in [2.75, 3.05) is 26.4 Å². The molecule has 3 aliphatic rings. The van der Waals surface area contributed by atoms with Gasteiger partial charge in [-0.05, 0) is 13.8 Å². The van der Waals surface area contributed by atoms with Crippen LogP contribution in [0.4, 0.5) is 0 Å². The van der Waals surface area contributed by atoms with E-state index >= 15 is 0 Å². The van der Waals surface area contributed by atoms with E-state index in [1.807, 2.05) is 0 Å². The monoisotopic (exact) mass is 440 g/mol. The molecule has 3 saturated heterocycles. The van der Waals surface area contributed by atoms with Crippen molar-refractivity contribution in [3.05, 3.63) is 0 Å². The van der Waals surface area contributed by atoms with Crippen molar-refractivity contribution in [2.24, 2.45) is 0 Å². The molecule has 12 heteroatoms. The predicted octanol–water partition coefficient (Wildman–Crippen LogP) is -3.54. The molecule has 12 atom stereocenters. The van der Waals surface area contributed by atoms with E-state index in [4.69, 9.17) is 28.4 Å². The molecule has 3 rings (SSSR count). The molecule has 6 N–H and O–H groups in total. The van der Waals surface area contributed by atoms with Gasteiger partial charge in [-0.25, -0.2) is 0 Å². The van der Waals surface area contributed by atoms with Crippen molar-refractivity contribution in [2.45, 2.75) is 87.5 Å². The highest BCUT2D eigenvalue weighted by molar-refractivity contribution is 4.98. The van der Waals surface area contributed by atoms with Crippen molar-refractivity contribution < 1.29 is 59.1 Å². The van der Waals surface area contributed by atoms with Crippen molar-refractivity contribution in [3.63, 3.8) is 0 Å². The first kappa shape index (κ1) is 24.2. The van der Waals surface area contributed by atoms with Crippen LogP contribution in [0.15, 0.2) is 0 Å². The van der Waals surface area contributed by atoms with Crippen LogP contribution in [-0.2, 0) is 28.4 Å². The van der Waals surface area contributed by atoms with Crippen LogP contribution in [0, 0.1) is 0 Å². The number of aliphatic hydroxyl groups is 6. The largest absolute Gasteiger partial charge is 0.391 e. The van der Waals surface area contributed by atoms with Crippen LogP contribution in [-0.4, -0.2) is 131 Å². The summed E-state index contributed by atoms with van der Waals surface area (Å²) in [5.41, 5.74) is 0. The SMILES string of the molecule is CC(O)COC[C@H]1O[C@H]2O[C@H]3[C@@H](O[C@@H]2[C@@H](O)[C@@H]1O)O[C@H](COCC(C)O)[C@@H](O)[C@@H]3O. The van der Waals surface area contributed by atoms with Crippen LogP contribution in [0.3, 0.4) is 0 Å². The second-order valence-corrected chi connectivity index (χ2v) is 8.02. The lowest BCUT2D eigenvalue weighted by Crippen LogP contribution is -2.70. The minimum absolute atomic E-state index is 0.0239. The van der Waals surface area contributed by atoms with Gasteiger partial charge in [0, 0.05) is 0 Å². The Morgan fingerprint density at radius 2 is 1.00 bits per heavy atom. The lowest BCUT2D eigenvalue weighted by molar-refractivity contribution is -0.431. The first-order valence-electron chi connectivity index (χ1n) is 10.0. The topological polar surface area (TPSA) is 177 Å². The molecule has 0 aromatic heterocycles. The maximum absolute atomic E-state index is 10.5. The second-order valence-electron chi connectivity index (χ2n) is 8.02. The summed E-state index contributed by atoms with van der Waals surface area (Å²) in [7, 11) is 0. The van der Waals surface area contributed by atoms with Crippen LogP contribution in [0.5, 0.6) is 0 Å². The van der Waals surface area contributed by atoms with Gasteiger partial charge in [0.1, 0.15) is 48.8 Å². The van der Waals surface area contributed by atoms with E-state index in [0.29, 0.717) is 0 Å². The zero-order valence-electron chi connectivity index (χ0n) is 16.9. The standard InChI is InChI=1S/C18H32O12/c1-7(19)3-25-5-9-11(21)13(23)15-17(27-9)29-16-14(24)12(22)10(28-18(16)30-15)6-26-4-8(2)20/h7-24H,3-6H2,1-2H3/t7?,8?,9-,10-,11-,12-,13+,14+,15-,16-,17-,18+/m1/s1. The average Bonchev–Trinajstić information content (AvgIpc) is 2.68. The van der Waals surface area contributed by atoms with Gasteiger partial charge in [-0.15, -0.1) is 0 Å². The summed E-state index contributed by atoms with van der Waals surface area (Å²) in [6.07, 6.45) is -13.2. The second kappa shape index (κ2) is 10.4. The Morgan fingerprint density at radius 1 is 0.633 bits per heavy atom. The molecule has 0 radical (unpaired) electrons. The highest BCUT2D eigenvalue weighted by Crippen LogP contribution is 2.36. The van der Waals surface area contributed by atoms with Crippen LogP contribution in [0.2, 0.25) is 0 Å². The lowest BCUT2D eigenvalue weighted by atomic mass is 9.95. The maximum atomic E-state index is 10.5. The Morgan fingerprint density at radius 3 is 1.33 bits per heavy atom. The summed E-state index contributed by atoms with van der Waals surface area (Å²) in [4.78, 5) is 0. The van der Waals surface area contributed by atoms with Crippen molar-refractivity contribution in [1.29, 1.82) is 0 Å². The Kier molecular flexibility index (Phi) is 8.40. The van der Waals surface area contributed by atoms with Gasteiger partial charge in [0.25, 0.3) is 0 Å². The van der Waals surface area contributed by atoms with Gasteiger partial charge in [0.05, 0.1) is 38.6 Å². The molecule has 176 valence electrons. The molecule has 12 nitrogen and oxygen atoms in total. The van der Waals surface area contributed by atoms with E-state index in [2.05, 4.69) is 0 Å². The number of ether oxygens (including phenoxy) is 6. The molecular weight excluding hydrogens is 408 g/mol. The van der Waals surface area contributed by atoms with Crippen LogP contribution >= 0.6 is 0 Å². The predicted molar refractivity (Wildman–Crippen MR) is 96.1 cm³/mol. The molecule has 2 unspecified atom stereocenters. The Labute approximate surface area is 173 Å². The third-order valence-corrected chi connectivity index (χ3v) is 5.15. The zero-order valence-corrected chi connectivity index (χ0v) is 16.9. The van der Waals surface area contributed by atoms with Gasteiger partial charge >= 0.3 is 0 Å². The van der Waals surface area contributed by atoms with E-state index in [-0.39, 0.29) is 26.4 Å². The van der Waals surface area contributed by atoms with Gasteiger partial charge in [-0.1, -0.05) is 0 Å². The summed E-state index contributed by atoms with van der Waals surface area (Å²) in [5.74, 6) is 0. The molecule has 0 saturated carbocycles. The summed E-state index contributed by atoms with van der Waals surface area (Å²) < 4.78 is 33.2. The first-order chi connectivity index (χ1) is 14.2.